The molecule has 2 aromatic rings. The van der Waals surface area contributed by atoms with Gasteiger partial charge in [-0.25, -0.2) is 0 Å². The van der Waals surface area contributed by atoms with Crippen LogP contribution in [0, 0.1) is 0 Å². The van der Waals surface area contributed by atoms with E-state index in [1.807, 2.05) is 53.1 Å². The number of nitrogens with zero attached hydrogens (tertiary/aromatic N) is 3. The van der Waals surface area contributed by atoms with Crippen LogP contribution in [0.25, 0.3) is 0 Å². The van der Waals surface area contributed by atoms with E-state index in [9.17, 15) is 9.59 Å². The zero-order valence-electron chi connectivity index (χ0n) is 17.0. The average Bonchev–Trinajstić information content (AvgIpc) is 3.22. The molecule has 4 rings (SSSR count). The molecule has 1 atom stereocenters. The van der Waals surface area contributed by atoms with E-state index >= 15 is 0 Å². The molecule has 1 unspecified atom stereocenters. The van der Waals surface area contributed by atoms with Gasteiger partial charge in [0.2, 0.25) is 5.91 Å². The van der Waals surface area contributed by atoms with Gasteiger partial charge in [-0.1, -0.05) is 24.3 Å². The van der Waals surface area contributed by atoms with E-state index in [-0.39, 0.29) is 17.9 Å². The van der Waals surface area contributed by atoms with Crippen molar-refractivity contribution in [1.82, 2.24) is 9.80 Å². The minimum Gasteiger partial charge on any atom is -0.497 e. The van der Waals surface area contributed by atoms with Gasteiger partial charge in [0, 0.05) is 44.0 Å². The molecule has 2 amide bonds. The second-order valence-electron chi connectivity index (χ2n) is 7.60. The number of ether oxygens (including phenoxy) is 1. The number of fused-ring (bicyclic) bond motifs is 1. The molecule has 29 heavy (non-hydrogen) atoms. The van der Waals surface area contributed by atoms with Gasteiger partial charge in [-0.2, -0.15) is 0 Å². The maximum absolute atomic E-state index is 13.1. The predicted octanol–water partition coefficient (Wildman–Crippen LogP) is 2.43. The lowest BCUT2D eigenvalue weighted by molar-refractivity contribution is -0.123. The van der Waals surface area contributed by atoms with Crippen LogP contribution in [0.4, 0.5) is 5.69 Å². The fourth-order valence-corrected chi connectivity index (χ4v) is 4.20. The molecule has 0 radical (unpaired) electrons. The first-order valence-corrected chi connectivity index (χ1v) is 10.1. The number of rotatable bonds is 4. The highest BCUT2D eigenvalue weighted by Crippen LogP contribution is 2.28. The Balaban J connectivity index is 1.37. The van der Waals surface area contributed by atoms with E-state index in [0.717, 1.165) is 18.7 Å². The van der Waals surface area contributed by atoms with Crippen molar-refractivity contribution < 1.29 is 14.3 Å². The van der Waals surface area contributed by atoms with Crippen molar-refractivity contribution in [2.24, 2.45) is 0 Å². The third-order valence-electron chi connectivity index (χ3n) is 5.98. The monoisotopic (exact) mass is 393 g/mol. The Labute approximate surface area is 171 Å². The Morgan fingerprint density at radius 1 is 0.966 bits per heavy atom. The van der Waals surface area contributed by atoms with E-state index in [2.05, 4.69) is 11.0 Å². The summed E-state index contributed by atoms with van der Waals surface area (Å²) in [4.78, 5) is 31.9. The normalized spacial score (nSPS) is 17.7. The Morgan fingerprint density at radius 2 is 1.72 bits per heavy atom. The highest BCUT2D eigenvalue weighted by molar-refractivity contribution is 5.99. The standard InChI is InChI=1S/C23H27N3O3/c1-17(22(27)26-11-10-18-6-3-4-9-21(18)26)24-12-14-25(15-13-24)23(28)19-7-5-8-20(16-19)29-2/h3-9,16-17H,10-15H2,1-2H3. The summed E-state index contributed by atoms with van der Waals surface area (Å²) in [5, 5.41) is 0. The third-order valence-corrected chi connectivity index (χ3v) is 5.98. The SMILES string of the molecule is COc1cccc(C(=O)N2CCN(C(C)C(=O)N3CCc4ccccc43)CC2)c1. The molecule has 0 aliphatic carbocycles. The molecule has 2 heterocycles. The van der Waals surface area contributed by atoms with E-state index < -0.39 is 0 Å². The van der Waals surface area contributed by atoms with E-state index in [1.54, 1.807) is 13.2 Å². The van der Waals surface area contributed by atoms with Crippen LogP contribution in [0.3, 0.4) is 0 Å². The molecule has 0 N–H and O–H groups in total. The van der Waals surface area contributed by atoms with Crippen molar-refractivity contribution in [2.45, 2.75) is 19.4 Å². The maximum Gasteiger partial charge on any atom is 0.254 e. The lowest BCUT2D eigenvalue weighted by atomic mass is 10.1. The molecule has 0 saturated carbocycles. The second kappa shape index (κ2) is 8.25. The van der Waals surface area contributed by atoms with Gasteiger partial charge in [0.05, 0.1) is 13.2 Å². The van der Waals surface area contributed by atoms with Crippen molar-refractivity contribution >= 4 is 17.5 Å². The summed E-state index contributed by atoms with van der Waals surface area (Å²) in [5.74, 6) is 0.832. The van der Waals surface area contributed by atoms with Gasteiger partial charge >= 0.3 is 0 Å². The van der Waals surface area contributed by atoms with Crippen molar-refractivity contribution in [3.8, 4) is 5.75 Å². The fourth-order valence-electron chi connectivity index (χ4n) is 4.20. The van der Waals surface area contributed by atoms with Crippen LogP contribution in [0.5, 0.6) is 5.75 Å². The zero-order chi connectivity index (χ0) is 20.4. The first-order valence-electron chi connectivity index (χ1n) is 10.1. The predicted molar refractivity (Wildman–Crippen MR) is 112 cm³/mol. The van der Waals surface area contributed by atoms with Crippen LogP contribution in [0.2, 0.25) is 0 Å². The number of amides is 2. The first-order chi connectivity index (χ1) is 14.1. The van der Waals surface area contributed by atoms with Gasteiger partial charge in [-0.05, 0) is 43.2 Å². The maximum atomic E-state index is 13.1. The van der Waals surface area contributed by atoms with Crippen LogP contribution in [0.1, 0.15) is 22.8 Å². The number of para-hydroxylation sites is 1. The third kappa shape index (κ3) is 3.85. The van der Waals surface area contributed by atoms with Crippen molar-refractivity contribution in [3.05, 3.63) is 59.7 Å². The molecule has 6 heteroatoms. The minimum atomic E-state index is -0.199. The molecule has 2 aromatic carbocycles. The molecule has 6 nitrogen and oxygen atoms in total. The summed E-state index contributed by atoms with van der Waals surface area (Å²) >= 11 is 0. The molecular weight excluding hydrogens is 366 g/mol. The van der Waals surface area contributed by atoms with Crippen LogP contribution in [0.15, 0.2) is 48.5 Å². The molecule has 0 bridgehead atoms. The molecule has 0 aromatic heterocycles. The largest absolute Gasteiger partial charge is 0.497 e. The van der Waals surface area contributed by atoms with E-state index in [4.69, 9.17) is 4.74 Å². The molecule has 0 spiro atoms. The highest BCUT2D eigenvalue weighted by atomic mass is 16.5. The van der Waals surface area contributed by atoms with Crippen LogP contribution in [-0.2, 0) is 11.2 Å². The number of piperazine rings is 1. The lowest BCUT2D eigenvalue weighted by Gasteiger charge is -2.38. The first kappa shape index (κ1) is 19.5. The molecule has 1 fully saturated rings. The number of methoxy groups -OCH3 is 1. The van der Waals surface area contributed by atoms with Crippen molar-refractivity contribution in [1.29, 1.82) is 0 Å². The number of hydrogen-bond donors (Lipinski definition) is 0. The summed E-state index contributed by atoms with van der Waals surface area (Å²) < 4.78 is 5.22. The molecule has 2 aliphatic rings. The second-order valence-corrected chi connectivity index (χ2v) is 7.60. The number of benzene rings is 2. The van der Waals surface area contributed by atoms with Gasteiger partial charge in [0.15, 0.2) is 0 Å². The Bertz CT molecular complexity index is 906. The average molecular weight is 393 g/mol. The van der Waals surface area contributed by atoms with Crippen molar-refractivity contribution in [2.75, 3.05) is 44.7 Å². The van der Waals surface area contributed by atoms with Crippen LogP contribution >= 0.6 is 0 Å². The summed E-state index contributed by atoms with van der Waals surface area (Å²) in [6.07, 6.45) is 0.914. The van der Waals surface area contributed by atoms with Gasteiger partial charge < -0.3 is 14.5 Å². The Hall–Kier alpha value is -2.86. The van der Waals surface area contributed by atoms with E-state index in [0.29, 0.717) is 37.5 Å². The number of hydrogen-bond acceptors (Lipinski definition) is 4. The zero-order valence-corrected chi connectivity index (χ0v) is 17.0. The summed E-state index contributed by atoms with van der Waals surface area (Å²) in [6, 6.07) is 15.2. The van der Waals surface area contributed by atoms with Crippen LogP contribution < -0.4 is 9.64 Å². The van der Waals surface area contributed by atoms with Gasteiger partial charge in [-0.15, -0.1) is 0 Å². The summed E-state index contributed by atoms with van der Waals surface area (Å²) in [7, 11) is 1.60. The van der Waals surface area contributed by atoms with Crippen LogP contribution in [-0.4, -0.2) is 67.5 Å². The summed E-state index contributed by atoms with van der Waals surface area (Å²) in [6.45, 7) is 5.34. The van der Waals surface area contributed by atoms with Crippen molar-refractivity contribution in [3.63, 3.8) is 0 Å². The molecule has 152 valence electrons. The quantitative estimate of drug-likeness (QED) is 0.801. The number of anilines is 1. The Kier molecular flexibility index (Phi) is 5.53. The summed E-state index contributed by atoms with van der Waals surface area (Å²) in [5.41, 5.74) is 2.91. The lowest BCUT2D eigenvalue weighted by Crippen LogP contribution is -2.55. The molecule has 1 saturated heterocycles. The van der Waals surface area contributed by atoms with Gasteiger partial charge in [0.25, 0.3) is 5.91 Å². The smallest absolute Gasteiger partial charge is 0.254 e. The topological polar surface area (TPSA) is 53.1 Å². The van der Waals surface area contributed by atoms with Gasteiger partial charge in [0.1, 0.15) is 5.75 Å². The Morgan fingerprint density at radius 3 is 2.48 bits per heavy atom. The highest BCUT2D eigenvalue weighted by Gasteiger charge is 2.33. The van der Waals surface area contributed by atoms with Gasteiger partial charge in [-0.3, -0.25) is 14.5 Å². The number of carbonyl (C=O) groups excluding carboxylic acids is 2. The number of carbonyl (C=O) groups is 2. The van der Waals surface area contributed by atoms with E-state index in [1.165, 1.54) is 5.56 Å². The molecular formula is C23H27N3O3. The molecule has 2 aliphatic heterocycles. The minimum absolute atomic E-state index is 0.0102. The fraction of sp³-hybridized carbons (Fsp3) is 0.391.